The van der Waals surface area contributed by atoms with E-state index in [1.165, 1.54) is 5.56 Å². The number of hydrogen-bond acceptors (Lipinski definition) is 5. The van der Waals surface area contributed by atoms with Gasteiger partial charge in [0.25, 0.3) is 0 Å². The first-order valence-corrected chi connectivity index (χ1v) is 13.8. The van der Waals surface area contributed by atoms with Gasteiger partial charge in [0, 0.05) is 11.8 Å². The maximum Gasteiger partial charge on any atom is 0.306 e. The van der Waals surface area contributed by atoms with E-state index in [9.17, 15) is 9.90 Å². The molecule has 0 aliphatic rings. The number of benzene rings is 3. The molecule has 6 heteroatoms. The van der Waals surface area contributed by atoms with Gasteiger partial charge in [-0.15, -0.1) is 0 Å². The molecule has 206 valence electrons. The highest BCUT2D eigenvalue weighted by Gasteiger charge is 2.17. The number of ether oxygens (including phenoxy) is 1. The van der Waals surface area contributed by atoms with Crippen molar-refractivity contribution in [3.8, 4) is 17.0 Å². The molecule has 0 saturated carbocycles. The van der Waals surface area contributed by atoms with Crippen molar-refractivity contribution in [2.45, 2.75) is 39.0 Å². The van der Waals surface area contributed by atoms with Crippen LogP contribution in [0, 0.1) is 5.92 Å². The van der Waals surface area contributed by atoms with Crippen LogP contribution < -0.4 is 4.74 Å². The summed E-state index contributed by atoms with van der Waals surface area (Å²) in [6, 6.07) is 31.8. The Morgan fingerprint density at radius 3 is 2.30 bits per heavy atom. The molecule has 0 spiro atoms. The van der Waals surface area contributed by atoms with Gasteiger partial charge < -0.3 is 14.7 Å². The van der Waals surface area contributed by atoms with E-state index >= 15 is 0 Å². The molecule has 0 saturated heterocycles. The Bertz CT molecular complexity index is 1340. The molecule has 1 unspecified atom stereocenters. The largest absolute Gasteiger partial charge is 0.490 e. The van der Waals surface area contributed by atoms with Crippen molar-refractivity contribution in [3.05, 3.63) is 120 Å². The number of carboxylic acids is 1. The Hall–Kier alpha value is -4.45. The Kier molecular flexibility index (Phi) is 10.9. The minimum Gasteiger partial charge on any atom is -0.490 e. The predicted octanol–water partition coefficient (Wildman–Crippen LogP) is 7.22. The summed E-state index contributed by atoms with van der Waals surface area (Å²) in [7, 11) is 0. The predicted molar refractivity (Wildman–Crippen MR) is 159 cm³/mol. The van der Waals surface area contributed by atoms with Crippen molar-refractivity contribution in [2.75, 3.05) is 13.2 Å². The Morgan fingerprint density at radius 2 is 1.60 bits per heavy atom. The number of aryl methyl sites for hydroxylation is 1. The van der Waals surface area contributed by atoms with Crippen LogP contribution in [0.5, 0.6) is 5.75 Å². The number of nitrogens with zero attached hydrogens (tertiary/aromatic N) is 2. The zero-order valence-electron chi connectivity index (χ0n) is 22.9. The van der Waals surface area contributed by atoms with E-state index < -0.39 is 5.97 Å². The number of unbranched alkanes of at least 4 members (excludes halogenated alkanes) is 1. The molecule has 0 fully saturated rings. The van der Waals surface area contributed by atoms with E-state index in [-0.39, 0.29) is 5.92 Å². The number of aromatic nitrogens is 1. The standard InChI is InChI=1S/C34H36N2O4/c1-26(29-16-18-30(19-17-29)33-13-7-8-22-35-33)36-40-24-23-39-32-20-14-28(15-21-32)25-31(34(37)38)12-6-5-11-27-9-3-2-4-10-27/h2-4,7-10,13-22,31H,5-6,11-12,23-25H2,1H3,(H,37,38). The number of aliphatic carboxylic acids is 1. The molecule has 40 heavy (non-hydrogen) atoms. The van der Waals surface area contributed by atoms with Gasteiger partial charge in [0.1, 0.15) is 12.4 Å². The number of pyridine rings is 1. The number of hydrogen-bond donors (Lipinski definition) is 1. The number of carboxylic acid groups (broad SMARTS) is 1. The van der Waals surface area contributed by atoms with Gasteiger partial charge in [-0.3, -0.25) is 9.78 Å². The van der Waals surface area contributed by atoms with E-state index in [0.717, 1.165) is 47.4 Å². The molecule has 0 amide bonds. The van der Waals surface area contributed by atoms with Crippen molar-refractivity contribution < 1.29 is 19.5 Å². The first-order valence-electron chi connectivity index (χ1n) is 13.8. The van der Waals surface area contributed by atoms with Crippen molar-refractivity contribution in [1.82, 2.24) is 4.98 Å². The van der Waals surface area contributed by atoms with Crippen LogP contribution in [0.4, 0.5) is 0 Å². The average Bonchev–Trinajstić information content (AvgIpc) is 3.00. The lowest BCUT2D eigenvalue weighted by Crippen LogP contribution is -2.16. The zero-order chi connectivity index (χ0) is 28.0. The Labute approximate surface area is 236 Å². The first-order chi connectivity index (χ1) is 19.6. The van der Waals surface area contributed by atoms with Crippen LogP contribution in [0.15, 0.2) is 108 Å². The summed E-state index contributed by atoms with van der Waals surface area (Å²) >= 11 is 0. The molecule has 1 aromatic heterocycles. The quantitative estimate of drug-likeness (QED) is 0.0985. The summed E-state index contributed by atoms with van der Waals surface area (Å²) in [6.45, 7) is 2.58. The smallest absolute Gasteiger partial charge is 0.306 e. The number of carbonyl (C=O) groups is 1. The van der Waals surface area contributed by atoms with Gasteiger partial charge >= 0.3 is 5.97 Å². The van der Waals surface area contributed by atoms with E-state index in [1.54, 1.807) is 6.20 Å². The maximum atomic E-state index is 11.8. The van der Waals surface area contributed by atoms with Gasteiger partial charge in [0.2, 0.25) is 0 Å². The topological polar surface area (TPSA) is 81.0 Å². The molecule has 0 radical (unpaired) electrons. The van der Waals surface area contributed by atoms with E-state index in [0.29, 0.717) is 31.8 Å². The maximum absolute atomic E-state index is 11.8. The van der Waals surface area contributed by atoms with Crippen LogP contribution in [0.1, 0.15) is 42.9 Å². The lowest BCUT2D eigenvalue weighted by Gasteiger charge is -2.13. The highest BCUT2D eigenvalue weighted by atomic mass is 16.6. The molecule has 1 atom stereocenters. The summed E-state index contributed by atoms with van der Waals surface area (Å²) < 4.78 is 5.77. The SMILES string of the molecule is CC(=NOCCOc1ccc(CC(CCCCc2ccccc2)C(=O)O)cc1)c1ccc(-c2ccccn2)cc1. The zero-order valence-corrected chi connectivity index (χ0v) is 22.9. The van der Waals surface area contributed by atoms with Gasteiger partial charge in [-0.1, -0.05) is 84.4 Å². The van der Waals surface area contributed by atoms with Gasteiger partial charge in [-0.25, -0.2) is 0 Å². The molecular formula is C34H36N2O4. The molecule has 0 bridgehead atoms. The second-order valence-corrected chi connectivity index (χ2v) is 9.77. The van der Waals surface area contributed by atoms with Crippen molar-refractivity contribution >= 4 is 11.7 Å². The van der Waals surface area contributed by atoms with Crippen LogP contribution in [0.25, 0.3) is 11.3 Å². The van der Waals surface area contributed by atoms with Crippen molar-refractivity contribution in [1.29, 1.82) is 0 Å². The lowest BCUT2D eigenvalue weighted by atomic mass is 9.93. The molecule has 0 aliphatic carbocycles. The van der Waals surface area contributed by atoms with E-state index in [4.69, 9.17) is 9.57 Å². The third-order valence-corrected chi connectivity index (χ3v) is 6.77. The van der Waals surface area contributed by atoms with Gasteiger partial charge in [0.15, 0.2) is 6.61 Å². The second-order valence-electron chi connectivity index (χ2n) is 9.77. The van der Waals surface area contributed by atoms with E-state index in [1.807, 2.05) is 91.9 Å². The van der Waals surface area contributed by atoms with Crippen molar-refractivity contribution in [3.63, 3.8) is 0 Å². The molecule has 4 aromatic rings. The fourth-order valence-corrected chi connectivity index (χ4v) is 4.49. The lowest BCUT2D eigenvalue weighted by molar-refractivity contribution is -0.142. The third-order valence-electron chi connectivity index (χ3n) is 6.77. The van der Waals surface area contributed by atoms with Crippen LogP contribution in [0.3, 0.4) is 0 Å². The summed E-state index contributed by atoms with van der Waals surface area (Å²) in [5, 5.41) is 13.9. The molecule has 6 nitrogen and oxygen atoms in total. The molecule has 4 rings (SSSR count). The van der Waals surface area contributed by atoms with Crippen LogP contribution in [-0.2, 0) is 22.5 Å². The summed E-state index contributed by atoms with van der Waals surface area (Å²) in [6.07, 6.45) is 5.83. The average molecular weight is 537 g/mol. The van der Waals surface area contributed by atoms with E-state index in [2.05, 4.69) is 22.3 Å². The number of rotatable bonds is 15. The molecule has 0 aliphatic heterocycles. The monoisotopic (exact) mass is 536 g/mol. The first kappa shape index (κ1) is 28.6. The minimum absolute atomic E-state index is 0.315. The molecule has 1 N–H and O–H groups in total. The minimum atomic E-state index is -0.739. The summed E-state index contributed by atoms with van der Waals surface area (Å²) in [5.74, 6) is -0.409. The molecular weight excluding hydrogens is 500 g/mol. The molecule has 3 aromatic carbocycles. The van der Waals surface area contributed by atoms with Gasteiger partial charge in [-0.05, 0) is 73.6 Å². The normalized spacial score (nSPS) is 12.1. The highest BCUT2D eigenvalue weighted by molar-refractivity contribution is 5.98. The summed E-state index contributed by atoms with van der Waals surface area (Å²) in [5.41, 5.74) is 6.03. The fourth-order valence-electron chi connectivity index (χ4n) is 4.49. The fraction of sp³-hybridized carbons (Fsp3) is 0.265. The second kappa shape index (κ2) is 15.2. The van der Waals surface area contributed by atoms with Crippen LogP contribution in [0.2, 0.25) is 0 Å². The number of oxime groups is 1. The Morgan fingerprint density at radius 1 is 0.850 bits per heavy atom. The van der Waals surface area contributed by atoms with Crippen LogP contribution >= 0.6 is 0 Å². The van der Waals surface area contributed by atoms with Crippen molar-refractivity contribution in [2.24, 2.45) is 11.1 Å². The third kappa shape index (κ3) is 9.09. The molecule has 1 heterocycles. The summed E-state index contributed by atoms with van der Waals surface area (Å²) in [4.78, 5) is 21.6. The highest BCUT2D eigenvalue weighted by Crippen LogP contribution is 2.20. The van der Waals surface area contributed by atoms with Gasteiger partial charge in [0.05, 0.1) is 17.3 Å². The van der Waals surface area contributed by atoms with Crippen LogP contribution in [-0.4, -0.2) is 35.0 Å². The van der Waals surface area contributed by atoms with Gasteiger partial charge in [-0.2, -0.15) is 0 Å². The Balaban J connectivity index is 1.16.